The van der Waals surface area contributed by atoms with Crippen LogP contribution >= 0.6 is 11.6 Å². The summed E-state index contributed by atoms with van der Waals surface area (Å²) in [6, 6.07) is 5.42. The predicted molar refractivity (Wildman–Crippen MR) is 96.9 cm³/mol. The molecule has 0 bridgehead atoms. The molecule has 0 saturated carbocycles. The minimum absolute atomic E-state index is 0.0508. The number of benzene rings is 1. The molecule has 0 unspecified atom stereocenters. The Morgan fingerprint density at radius 3 is 2.70 bits per heavy atom. The number of nitrogens with zero attached hydrogens (tertiary/aromatic N) is 1. The molecule has 6 heteroatoms. The molecule has 0 aliphatic heterocycles. The molecule has 1 heterocycles. The summed E-state index contributed by atoms with van der Waals surface area (Å²) in [5.74, 6) is 0.0508. The molecular weight excluding hydrogens is 307 g/mol. The zero-order chi connectivity index (χ0) is 16.5. The summed E-state index contributed by atoms with van der Waals surface area (Å²) < 4.78 is 5.41. The molecule has 122 valence electrons. The Labute approximate surface area is 143 Å². The van der Waals surface area contributed by atoms with Gasteiger partial charge in [-0.2, -0.15) is 0 Å². The SMILES string of the molecule is [B]Sc1nc2cc(NC(=O)CCCCCCCCC)ccc2o1. The van der Waals surface area contributed by atoms with Crippen molar-refractivity contribution < 1.29 is 9.21 Å². The Kier molecular flexibility index (Phi) is 7.52. The summed E-state index contributed by atoms with van der Waals surface area (Å²) >= 11 is 0.970. The molecule has 2 rings (SSSR count). The fraction of sp³-hybridized carbons (Fsp3) is 0.529. The van der Waals surface area contributed by atoms with E-state index in [0.29, 0.717) is 22.7 Å². The molecule has 0 aliphatic rings. The fourth-order valence-corrected chi connectivity index (χ4v) is 2.79. The second-order valence-corrected chi connectivity index (χ2v) is 6.28. The molecule has 0 spiro atoms. The number of oxazole rings is 1. The van der Waals surface area contributed by atoms with Crippen LogP contribution in [0.15, 0.2) is 27.8 Å². The second-order valence-electron chi connectivity index (χ2n) is 5.70. The van der Waals surface area contributed by atoms with Crippen molar-refractivity contribution in [3.8, 4) is 0 Å². The Balaban J connectivity index is 1.72. The lowest BCUT2D eigenvalue weighted by Crippen LogP contribution is -2.10. The highest BCUT2D eigenvalue weighted by Gasteiger charge is 2.07. The van der Waals surface area contributed by atoms with Crippen molar-refractivity contribution >= 4 is 41.4 Å². The van der Waals surface area contributed by atoms with Crippen LogP contribution in [0.4, 0.5) is 5.69 Å². The van der Waals surface area contributed by atoms with Gasteiger partial charge in [-0.05, 0) is 24.6 Å². The van der Waals surface area contributed by atoms with E-state index < -0.39 is 0 Å². The first-order valence-electron chi connectivity index (χ1n) is 8.30. The highest BCUT2D eigenvalue weighted by atomic mass is 32.2. The lowest BCUT2D eigenvalue weighted by molar-refractivity contribution is -0.116. The van der Waals surface area contributed by atoms with Crippen LogP contribution in [0.5, 0.6) is 0 Å². The standard InChI is InChI=1S/C17H23BN2O2S/c1-2-3-4-5-6-7-8-9-16(21)19-13-10-11-15-14(12-13)20-17(22-15)23-18/h10-12H,2-9H2,1H3,(H,19,21). The lowest BCUT2D eigenvalue weighted by atomic mass is 10.1. The quantitative estimate of drug-likeness (QED) is 0.487. The van der Waals surface area contributed by atoms with Crippen molar-refractivity contribution in [3.05, 3.63) is 18.2 Å². The van der Waals surface area contributed by atoms with E-state index in [0.717, 1.165) is 30.1 Å². The molecule has 0 fully saturated rings. The van der Waals surface area contributed by atoms with Crippen LogP contribution in [0.2, 0.25) is 0 Å². The zero-order valence-corrected chi connectivity index (χ0v) is 14.5. The third-order valence-electron chi connectivity index (χ3n) is 3.76. The first-order valence-corrected chi connectivity index (χ1v) is 9.18. The van der Waals surface area contributed by atoms with Crippen molar-refractivity contribution in [1.29, 1.82) is 0 Å². The average Bonchev–Trinajstić information content (AvgIpc) is 2.96. The number of fused-ring (bicyclic) bond motifs is 1. The van der Waals surface area contributed by atoms with Crippen LogP contribution in [-0.2, 0) is 4.79 Å². The maximum atomic E-state index is 12.0. The monoisotopic (exact) mass is 330 g/mol. The molecule has 0 atom stereocenters. The Hall–Kier alpha value is -1.43. The second kappa shape index (κ2) is 9.66. The van der Waals surface area contributed by atoms with Gasteiger partial charge >= 0.3 is 0 Å². The van der Waals surface area contributed by atoms with Crippen LogP contribution in [0, 0.1) is 0 Å². The van der Waals surface area contributed by atoms with Gasteiger partial charge in [-0.3, -0.25) is 4.79 Å². The van der Waals surface area contributed by atoms with Gasteiger partial charge in [0.25, 0.3) is 0 Å². The van der Waals surface area contributed by atoms with E-state index in [9.17, 15) is 4.79 Å². The van der Waals surface area contributed by atoms with Gasteiger partial charge in [0.15, 0.2) is 12.7 Å². The number of carbonyl (C=O) groups excluding carboxylic acids is 1. The number of anilines is 1. The number of hydrogen-bond acceptors (Lipinski definition) is 4. The smallest absolute Gasteiger partial charge is 0.244 e. The maximum Gasteiger partial charge on any atom is 0.244 e. The minimum Gasteiger partial charge on any atom is -0.432 e. The van der Waals surface area contributed by atoms with Gasteiger partial charge in [0.1, 0.15) is 5.52 Å². The van der Waals surface area contributed by atoms with E-state index in [-0.39, 0.29) is 5.91 Å². The van der Waals surface area contributed by atoms with Gasteiger partial charge < -0.3 is 9.73 Å². The van der Waals surface area contributed by atoms with Gasteiger partial charge in [0.05, 0.1) is 0 Å². The van der Waals surface area contributed by atoms with Crippen LogP contribution < -0.4 is 5.32 Å². The van der Waals surface area contributed by atoms with E-state index in [1.165, 1.54) is 32.1 Å². The zero-order valence-electron chi connectivity index (χ0n) is 13.6. The molecule has 2 aromatic rings. The number of hydrogen-bond donors (Lipinski definition) is 1. The average molecular weight is 330 g/mol. The largest absolute Gasteiger partial charge is 0.432 e. The minimum atomic E-state index is 0.0508. The summed E-state index contributed by atoms with van der Waals surface area (Å²) in [4.78, 5) is 16.2. The summed E-state index contributed by atoms with van der Waals surface area (Å²) in [6.07, 6.45) is 9.02. The van der Waals surface area contributed by atoms with Crippen LogP contribution in [0.3, 0.4) is 0 Å². The molecule has 2 radical (unpaired) electrons. The molecule has 4 nitrogen and oxygen atoms in total. The Morgan fingerprint density at radius 1 is 1.22 bits per heavy atom. The molecule has 0 saturated heterocycles. The molecule has 1 N–H and O–H groups in total. The van der Waals surface area contributed by atoms with E-state index in [2.05, 4.69) is 17.2 Å². The topological polar surface area (TPSA) is 55.1 Å². The molecule has 1 aromatic carbocycles. The summed E-state index contributed by atoms with van der Waals surface area (Å²) in [5, 5.41) is 3.34. The molecular formula is C17H23BN2O2S. The highest BCUT2D eigenvalue weighted by Crippen LogP contribution is 2.24. The number of aromatic nitrogens is 1. The van der Waals surface area contributed by atoms with Crippen molar-refractivity contribution in [2.24, 2.45) is 0 Å². The van der Waals surface area contributed by atoms with E-state index in [1.807, 2.05) is 6.07 Å². The fourth-order valence-electron chi connectivity index (χ4n) is 2.50. The molecule has 0 aliphatic carbocycles. The van der Waals surface area contributed by atoms with Crippen molar-refractivity contribution in [2.75, 3.05) is 5.32 Å². The molecule has 1 amide bonds. The Bertz CT molecular complexity index is 630. The van der Waals surface area contributed by atoms with Crippen LogP contribution in [0.25, 0.3) is 11.1 Å². The van der Waals surface area contributed by atoms with Crippen molar-refractivity contribution in [3.63, 3.8) is 0 Å². The first kappa shape index (κ1) is 17.9. The summed E-state index contributed by atoms with van der Waals surface area (Å²) in [6.45, 7) is 2.22. The summed E-state index contributed by atoms with van der Waals surface area (Å²) in [5.41, 5.74) is 2.11. The van der Waals surface area contributed by atoms with Crippen molar-refractivity contribution in [2.45, 2.75) is 63.5 Å². The maximum absolute atomic E-state index is 12.0. The van der Waals surface area contributed by atoms with E-state index in [1.54, 1.807) is 12.1 Å². The lowest BCUT2D eigenvalue weighted by Gasteiger charge is -2.05. The van der Waals surface area contributed by atoms with Crippen LogP contribution in [-0.4, -0.2) is 18.0 Å². The third-order valence-corrected chi connectivity index (χ3v) is 4.14. The first-order chi connectivity index (χ1) is 11.2. The number of carbonyl (C=O) groups is 1. The number of rotatable bonds is 10. The molecule has 23 heavy (non-hydrogen) atoms. The highest BCUT2D eigenvalue weighted by molar-refractivity contribution is 8.19. The number of amides is 1. The number of nitrogens with one attached hydrogen (secondary N) is 1. The number of unbranched alkanes of at least 4 members (excludes halogenated alkanes) is 6. The van der Waals surface area contributed by atoms with Gasteiger partial charge in [0, 0.05) is 12.1 Å². The summed E-state index contributed by atoms with van der Waals surface area (Å²) in [7, 11) is 5.43. The van der Waals surface area contributed by atoms with Gasteiger partial charge in [-0.1, -0.05) is 45.4 Å². The van der Waals surface area contributed by atoms with Crippen molar-refractivity contribution in [1.82, 2.24) is 4.98 Å². The Morgan fingerprint density at radius 2 is 1.96 bits per heavy atom. The van der Waals surface area contributed by atoms with E-state index >= 15 is 0 Å². The predicted octanol–water partition coefficient (Wildman–Crippen LogP) is 5.08. The van der Waals surface area contributed by atoms with Gasteiger partial charge in [-0.25, -0.2) is 4.98 Å². The van der Waals surface area contributed by atoms with Gasteiger partial charge in [0.2, 0.25) is 11.1 Å². The molecule has 1 aromatic heterocycles. The van der Waals surface area contributed by atoms with Gasteiger partial charge in [-0.15, -0.1) is 11.6 Å². The normalized spacial score (nSPS) is 11.0. The third kappa shape index (κ3) is 5.94. The van der Waals surface area contributed by atoms with Crippen LogP contribution in [0.1, 0.15) is 58.3 Å². The van der Waals surface area contributed by atoms with E-state index in [4.69, 9.17) is 11.5 Å².